The van der Waals surface area contributed by atoms with Gasteiger partial charge in [-0.2, -0.15) is 0 Å². The van der Waals surface area contributed by atoms with E-state index in [2.05, 4.69) is 5.32 Å². The monoisotopic (exact) mass is 527 g/mol. The molecule has 2 heterocycles. The number of esters is 1. The van der Waals surface area contributed by atoms with E-state index in [4.69, 9.17) is 40.2 Å². The standard InChI is InChI=1S/C25H19Cl2N3O4S/c1-13-10-16(14(2)29(13)17-7-4-6-15(11-17)24(33)34-3)12-18-22(31)28-25(35)30(23(18)32)20-9-5-8-19(26)21(20)27/h4-12H,1-3H3,(H,28,31,35)/b18-12+. The lowest BCUT2D eigenvalue weighted by Crippen LogP contribution is -2.54. The van der Waals surface area contributed by atoms with E-state index in [-0.39, 0.29) is 26.4 Å². The van der Waals surface area contributed by atoms with Crippen LogP contribution in [0.3, 0.4) is 0 Å². The molecule has 1 saturated heterocycles. The number of benzene rings is 2. The maximum Gasteiger partial charge on any atom is 0.337 e. The largest absolute Gasteiger partial charge is 0.465 e. The van der Waals surface area contributed by atoms with Crippen LogP contribution in [0.4, 0.5) is 5.69 Å². The second kappa shape index (κ2) is 9.65. The van der Waals surface area contributed by atoms with Crippen molar-refractivity contribution in [3.63, 3.8) is 0 Å². The highest BCUT2D eigenvalue weighted by molar-refractivity contribution is 7.80. The van der Waals surface area contributed by atoms with E-state index in [1.807, 2.05) is 30.5 Å². The number of ether oxygens (including phenoxy) is 1. The van der Waals surface area contributed by atoms with Gasteiger partial charge in [-0.25, -0.2) is 4.79 Å². The molecular formula is C25H19Cl2N3O4S. The van der Waals surface area contributed by atoms with E-state index in [0.717, 1.165) is 22.0 Å². The number of hydrogen-bond acceptors (Lipinski definition) is 5. The number of amides is 2. The molecule has 1 aliphatic rings. The number of aryl methyl sites for hydroxylation is 1. The Morgan fingerprint density at radius 1 is 1.09 bits per heavy atom. The lowest BCUT2D eigenvalue weighted by Gasteiger charge is -2.29. The predicted molar refractivity (Wildman–Crippen MR) is 139 cm³/mol. The fourth-order valence-electron chi connectivity index (χ4n) is 3.92. The molecule has 0 saturated carbocycles. The summed E-state index contributed by atoms with van der Waals surface area (Å²) in [5.74, 6) is -1.69. The summed E-state index contributed by atoms with van der Waals surface area (Å²) < 4.78 is 6.73. The average molecular weight is 528 g/mol. The van der Waals surface area contributed by atoms with Gasteiger partial charge in [-0.3, -0.25) is 19.8 Å². The third-order valence-corrected chi connectivity index (χ3v) is 6.66. The Labute approximate surface area is 216 Å². The molecule has 1 aromatic heterocycles. The van der Waals surface area contributed by atoms with E-state index in [0.29, 0.717) is 11.1 Å². The van der Waals surface area contributed by atoms with Crippen molar-refractivity contribution in [3.8, 4) is 5.69 Å². The number of carbonyl (C=O) groups excluding carboxylic acids is 3. The maximum absolute atomic E-state index is 13.4. The molecule has 3 aromatic rings. The molecule has 0 aliphatic carbocycles. The summed E-state index contributed by atoms with van der Waals surface area (Å²) in [4.78, 5) is 39.3. The molecule has 0 unspecified atom stereocenters. The normalized spacial score (nSPS) is 14.9. The van der Waals surface area contributed by atoms with Crippen molar-refractivity contribution < 1.29 is 19.1 Å². The molecule has 2 amide bonds. The smallest absolute Gasteiger partial charge is 0.337 e. The van der Waals surface area contributed by atoms with Gasteiger partial charge < -0.3 is 9.30 Å². The van der Waals surface area contributed by atoms with Crippen molar-refractivity contribution in [2.75, 3.05) is 12.0 Å². The van der Waals surface area contributed by atoms with Crippen molar-refractivity contribution >= 4 is 70.1 Å². The maximum atomic E-state index is 13.4. The molecule has 7 nitrogen and oxygen atoms in total. The molecule has 0 atom stereocenters. The second-order valence-corrected chi connectivity index (χ2v) is 8.91. The zero-order valence-corrected chi connectivity index (χ0v) is 21.2. The van der Waals surface area contributed by atoms with Gasteiger partial charge in [0, 0.05) is 17.1 Å². The average Bonchev–Trinajstić information content (AvgIpc) is 3.11. The summed E-state index contributed by atoms with van der Waals surface area (Å²) in [7, 11) is 1.32. The molecule has 2 aromatic carbocycles. The highest BCUT2D eigenvalue weighted by Gasteiger charge is 2.36. The van der Waals surface area contributed by atoms with Crippen molar-refractivity contribution in [3.05, 3.63) is 86.7 Å². The Hall–Kier alpha value is -3.46. The summed E-state index contributed by atoms with van der Waals surface area (Å²) in [5, 5.41) is 2.84. The molecule has 1 aliphatic heterocycles. The zero-order chi connectivity index (χ0) is 25.4. The summed E-state index contributed by atoms with van der Waals surface area (Å²) in [6.07, 6.45) is 1.51. The molecule has 10 heteroatoms. The molecule has 0 radical (unpaired) electrons. The molecule has 1 N–H and O–H groups in total. The topological polar surface area (TPSA) is 80.6 Å². The van der Waals surface area contributed by atoms with Crippen molar-refractivity contribution in [2.45, 2.75) is 13.8 Å². The van der Waals surface area contributed by atoms with Gasteiger partial charge in [0.15, 0.2) is 5.11 Å². The first-order valence-corrected chi connectivity index (χ1v) is 11.5. The third-order valence-electron chi connectivity index (χ3n) is 5.57. The number of thiocarbonyl (C=S) groups is 1. The van der Waals surface area contributed by atoms with E-state index >= 15 is 0 Å². The van der Waals surface area contributed by atoms with Crippen LogP contribution in [0.25, 0.3) is 11.8 Å². The van der Waals surface area contributed by atoms with Crippen LogP contribution in [0.15, 0.2) is 54.1 Å². The van der Waals surface area contributed by atoms with Crippen LogP contribution in [0.1, 0.15) is 27.3 Å². The van der Waals surface area contributed by atoms with Crippen LogP contribution < -0.4 is 10.2 Å². The van der Waals surface area contributed by atoms with Crippen LogP contribution in [0.5, 0.6) is 0 Å². The highest BCUT2D eigenvalue weighted by Crippen LogP contribution is 2.34. The zero-order valence-electron chi connectivity index (χ0n) is 18.9. The van der Waals surface area contributed by atoms with Crippen LogP contribution in [0.2, 0.25) is 10.0 Å². The second-order valence-electron chi connectivity index (χ2n) is 7.73. The molecule has 0 bridgehead atoms. The minimum Gasteiger partial charge on any atom is -0.465 e. The quantitative estimate of drug-likeness (QED) is 0.223. The SMILES string of the molecule is COC(=O)c1cccc(-n2c(C)cc(/C=C3\C(=O)NC(=S)N(c4cccc(Cl)c4Cl)C3=O)c2C)c1. The number of methoxy groups -OCH3 is 1. The van der Waals surface area contributed by atoms with E-state index in [9.17, 15) is 14.4 Å². The molecule has 35 heavy (non-hydrogen) atoms. The van der Waals surface area contributed by atoms with Crippen LogP contribution in [0, 0.1) is 13.8 Å². The minimum absolute atomic E-state index is 0.0913. The molecule has 1 fully saturated rings. The van der Waals surface area contributed by atoms with Crippen LogP contribution >= 0.6 is 35.4 Å². The predicted octanol–water partition coefficient (Wildman–Crippen LogP) is 5.02. The first-order chi connectivity index (χ1) is 16.6. The molecular weight excluding hydrogens is 509 g/mol. The van der Waals surface area contributed by atoms with Gasteiger partial charge in [0.2, 0.25) is 0 Å². The number of aromatic nitrogens is 1. The third kappa shape index (κ3) is 4.48. The lowest BCUT2D eigenvalue weighted by atomic mass is 10.1. The molecule has 178 valence electrons. The number of rotatable bonds is 4. The van der Waals surface area contributed by atoms with Crippen molar-refractivity contribution in [1.82, 2.24) is 9.88 Å². The first-order valence-electron chi connectivity index (χ1n) is 10.4. The van der Waals surface area contributed by atoms with Gasteiger partial charge in [0.05, 0.1) is 28.4 Å². The van der Waals surface area contributed by atoms with E-state index in [1.165, 1.54) is 13.2 Å². The minimum atomic E-state index is -0.625. The van der Waals surface area contributed by atoms with E-state index in [1.54, 1.807) is 36.4 Å². The van der Waals surface area contributed by atoms with Gasteiger partial charge in [0.1, 0.15) is 5.57 Å². The Morgan fingerprint density at radius 3 is 2.51 bits per heavy atom. The fourth-order valence-corrected chi connectivity index (χ4v) is 4.57. The number of nitrogens with zero attached hydrogens (tertiary/aromatic N) is 2. The summed E-state index contributed by atoms with van der Waals surface area (Å²) in [6, 6.07) is 13.6. The number of nitrogens with one attached hydrogen (secondary N) is 1. The number of hydrogen-bond donors (Lipinski definition) is 1. The molecule has 4 rings (SSSR count). The number of carbonyl (C=O) groups is 3. The van der Waals surface area contributed by atoms with Gasteiger partial charge in [-0.15, -0.1) is 0 Å². The Bertz CT molecular complexity index is 1440. The van der Waals surface area contributed by atoms with Crippen LogP contribution in [-0.2, 0) is 14.3 Å². The van der Waals surface area contributed by atoms with Gasteiger partial charge >= 0.3 is 5.97 Å². The highest BCUT2D eigenvalue weighted by atomic mass is 35.5. The number of halogens is 2. The van der Waals surface area contributed by atoms with E-state index < -0.39 is 17.8 Å². The van der Waals surface area contributed by atoms with Gasteiger partial charge in [-0.1, -0.05) is 35.3 Å². The summed E-state index contributed by atoms with van der Waals surface area (Å²) in [6.45, 7) is 3.74. The van der Waals surface area contributed by atoms with Gasteiger partial charge in [0.25, 0.3) is 11.8 Å². The summed E-state index contributed by atoms with van der Waals surface area (Å²) in [5.41, 5.74) is 3.54. The lowest BCUT2D eigenvalue weighted by molar-refractivity contribution is -0.122. The van der Waals surface area contributed by atoms with Gasteiger partial charge in [-0.05, 0) is 74.1 Å². The first kappa shape index (κ1) is 24.7. The van der Waals surface area contributed by atoms with Crippen molar-refractivity contribution in [2.24, 2.45) is 0 Å². The number of anilines is 1. The molecule has 0 spiro atoms. The Morgan fingerprint density at radius 2 is 1.80 bits per heavy atom. The van der Waals surface area contributed by atoms with Crippen molar-refractivity contribution in [1.29, 1.82) is 0 Å². The van der Waals surface area contributed by atoms with Crippen LogP contribution in [-0.4, -0.2) is 34.6 Å². The Balaban J connectivity index is 1.77. The Kier molecular flexibility index (Phi) is 6.80. The summed E-state index contributed by atoms with van der Waals surface area (Å²) >= 11 is 17.7. The fraction of sp³-hybridized carbons (Fsp3) is 0.120.